The number of nitrogens with zero attached hydrogens (tertiary/aromatic N) is 3. The number of hydrogen-bond acceptors (Lipinski definition) is 5. The average Bonchev–Trinajstić information content (AvgIpc) is 3.20. The Hall–Kier alpha value is -2.80. The Morgan fingerprint density at radius 3 is 3.00 bits per heavy atom. The van der Waals surface area contributed by atoms with Gasteiger partial charge in [-0.2, -0.15) is 0 Å². The normalized spacial score (nSPS) is 15.0. The second kappa shape index (κ2) is 5.93. The van der Waals surface area contributed by atoms with E-state index in [1.165, 1.54) is 12.1 Å². The van der Waals surface area contributed by atoms with Crippen molar-refractivity contribution in [3.63, 3.8) is 0 Å². The molecule has 4 rings (SSSR count). The van der Waals surface area contributed by atoms with Gasteiger partial charge in [-0.05, 0) is 36.1 Å². The lowest BCUT2D eigenvalue weighted by molar-refractivity contribution is -0.384. The quantitative estimate of drug-likeness (QED) is 0.529. The maximum absolute atomic E-state index is 12.7. The predicted molar refractivity (Wildman–Crippen MR) is 98.8 cm³/mol. The van der Waals surface area contributed by atoms with Gasteiger partial charge in [0.15, 0.2) is 0 Å². The van der Waals surface area contributed by atoms with Crippen LogP contribution in [0.3, 0.4) is 0 Å². The summed E-state index contributed by atoms with van der Waals surface area (Å²) in [5.41, 5.74) is 1.73. The van der Waals surface area contributed by atoms with Crippen LogP contribution in [-0.2, 0) is 13.0 Å². The zero-order valence-corrected chi connectivity index (χ0v) is 14.4. The van der Waals surface area contributed by atoms with Gasteiger partial charge in [-0.25, -0.2) is 4.98 Å². The number of nitro benzene ring substituents is 1. The Morgan fingerprint density at radius 1 is 1.40 bits per heavy atom. The number of non-ortho nitro benzene ring substituents is 1. The van der Waals surface area contributed by atoms with Crippen LogP contribution in [0, 0.1) is 10.1 Å². The van der Waals surface area contributed by atoms with Crippen molar-refractivity contribution in [1.29, 1.82) is 0 Å². The Morgan fingerprint density at radius 2 is 2.24 bits per heavy atom. The van der Waals surface area contributed by atoms with Gasteiger partial charge in [-0.1, -0.05) is 19.1 Å². The fourth-order valence-corrected chi connectivity index (χ4v) is 4.06. The summed E-state index contributed by atoms with van der Waals surface area (Å²) < 4.78 is 1.71. The molecule has 0 radical (unpaired) electrons. The van der Waals surface area contributed by atoms with Crippen molar-refractivity contribution in [2.24, 2.45) is 0 Å². The smallest absolute Gasteiger partial charge is 0.270 e. The van der Waals surface area contributed by atoms with Gasteiger partial charge >= 0.3 is 0 Å². The number of fused-ring (bicyclic) bond motifs is 2. The van der Waals surface area contributed by atoms with Crippen LogP contribution in [0.5, 0.6) is 0 Å². The molecule has 0 saturated carbocycles. The molecular formula is C18H15N3O3S. The number of thiophene rings is 1. The van der Waals surface area contributed by atoms with Crippen molar-refractivity contribution < 1.29 is 4.92 Å². The molecule has 0 fully saturated rings. The van der Waals surface area contributed by atoms with E-state index in [0.29, 0.717) is 24.2 Å². The molecule has 7 heteroatoms. The van der Waals surface area contributed by atoms with Gasteiger partial charge in [0.1, 0.15) is 10.7 Å². The summed E-state index contributed by atoms with van der Waals surface area (Å²) in [6, 6.07) is 8.42. The van der Waals surface area contributed by atoms with Crippen LogP contribution in [0.4, 0.5) is 5.69 Å². The van der Waals surface area contributed by atoms with Crippen molar-refractivity contribution in [2.75, 3.05) is 0 Å². The van der Waals surface area contributed by atoms with E-state index in [1.807, 2.05) is 18.2 Å². The fourth-order valence-electron chi connectivity index (χ4n) is 3.10. The minimum Gasteiger partial charge on any atom is -0.292 e. The average molecular weight is 353 g/mol. The monoisotopic (exact) mass is 353 g/mol. The highest BCUT2D eigenvalue weighted by molar-refractivity contribution is 7.18. The Bertz CT molecular complexity index is 1090. The number of benzene rings is 1. The molecule has 0 atom stereocenters. The Kier molecular flexibility index (Phi) is 3.73. The number of aryl methyl sites for hydroxylation is 1. The summed E-state index contributed by atoms with van der Waals surface area (Å²) in [6.07, 6.45) is 3.47. The standard InChI is InChI=1S/C18H15N3O3S/c1-2-14-10-15-17(25-14)19-16-12(6-7-20(16)18(15)22)8-11-4-3-5-13(9-11)21(23)24/h3-5,8-10H,2,6-7H2,1H3/b12-8+. The fraction of sp³-hybridized carbons (Fsp3) is 0.222. The third-order valence-electron chi connectivity index (χ3n) is 4.36. The van der Waals surface area contributed by atoms with Gasteiger partial charge in [0.05, 0.1) is 10.3 Å². The first-order valence-corrected chi connectivity index (χ1v) is 8.87. The third-order valence-corrected chi connectivity index (χ3v) is 5.54. The van der Waals surface area contributed by atoms with E-state index in [9.17, 15) is 14.9 Å². The Balaban J connectivity index is 1.84. The van der Waals surface area contributed by atoms with Crippen molar-refractivity contribution in [3.8, 4) is 0 Å². The SMILES string of the molecule is CCc1cc2c(=O)n3c(nc2s1)/C(=C/c1cccc([N+](=O)[O-])c1)CC3. The molecule has 0 aliphatic carbocycles. The molecule has 0 unspecified atom stereocenters. The van der Waals surface area contributed by atoms with E-state index in [0.717, 1.165) is 27.3 Å². The van der Waals surface area contributed by atoms with Gasteiger partial charge < -0.3 is 0 Å². The highest BCUT2D eigenvalue weighted by atomic mass is 32.1. The zero-order chi connectivity index (χ0) is 17.6. The lowest BCUT2D eigenvalue weighted by Crippen LogP contribution is -2.19. The summed E-state index contributed by atoms with van der Waals surface area (Å²) >= 11 is 1.55. The van der Waals surface area contributed by atoms with Gasteiger partial charge in [0.25, 0.3) is 11.2 Å². The molecular weight excluding hydrogens is 338 g/mol. The van der Waals surface area contributed by atoms with Crippen LogP contribution in [0.1, 0.15) is 29.6 Å². The molecule has 1 aromatic carbocycles. The number of hydrogen-bond donors (Lipinski definition) is 0. The summed E-state index contributed by atoms with van der Waals surface area (Å²) in [4.78, 5) is 29.8. The molecule has 0 amide bonds. The van der Waals surface area contributed by atoms with Crippen molar-refractivity contribution in [2.45, 2.75) is 26.3 Å². The zero-order valence-electron chi connectivity index (χ0n) is 13.6. The number of allylic oxidation sites excluding steroid dienone is 1. The van der Waals surface area contributed by atoms with Crippen LogP contribution in [0.15, 0.2) is 35.1 Å². The van der Waals surface area contributed by atoms with E-state index in [4.69, 9.17) is 4.98 Å². The number of nitro groups is 1. The molecule has 1 aliphatic heterocycles. The highest BCUT2D eigenvalue weighted by Crippen LogP contribution is 2.30. The first-order valence-electron chi connectivity index (χ1n) is 8.05. The molecule has 3 aromatic rings. The molecule has 6 nitrogen and oxygen atoms in total. The number of aromatic nitrogens is 2. The second-order valence-corrected chi connectivity index (χ2v) is 7.06. The van der Waals surface area contributed by atoms with Gasteiger partial charge in [-0.15, -0.1) is 11.3 Å². The largest absolute Gasteiger partial charge is 0.292 e. The Labute approximate surface area is 147 Å². The minimum atomic E-state index is -0.408. The van der Waals surface area contributed by atoms with Gasteiger partial charge in [0, 0.05) is 23.6 Å². The lowest BCUT2D eigenvalue weighted by Gasteiger charge is -2.03. The van der Waals surface area contributed by atoms with Gasteiger partial charge in [0.2, 0.25) is 0 Å². The van der Waals surface area contributed by atoms with E-state index in [1.54, 1.807) is 22.0 Å². The van der Waals surface area contributed by atoms with E-state index in [-0.39, 0.29) is 11.2 Å². The molecule has 0 spiro atoms. The molecule has 0 saturated heterocycles. The van der Waals surface area contributed by atoms with E-state index >= 15 is 0 Å². The van der Waals surface area contributed by atoms with Crippen molar-refractivity contribution in [3.05, 3.63) is 67.1 Å². The first kappa shape index (κ1) is 15.7. The topological polar surface area (TPSA) is 78.0 Å². The maximum Gasteiger partial charge on any atom is 0.270 e. The summed E-state index contributed by atoms with van der Waals surface area (Å²) in [7, 11) is 0. The highest BCUT2D eigenvalue weighted by Gasteiger charge is 2.22. The van der Waals surface area contributed by atoms with Crippen LogP contribution in [0.25, 0.3) is 21.9 Å². The molecule has 25 heavy (non-hydrogen) atoms. The molecule has 126 valence electrons. The molecule has 0 N–H and O–H groups in total. The summed E-state index contributed by atoms with van der Waals surface area (Å²) in [5.74, 6) is 0.675. The molecule has 3 heterocycles. The number of rotatable bonds is 3. The maximum atomic E-state index is 12.7. The van der Waals surface area contributed by atoms with E-state index < -0.39 is 4.92 Å². The molecule has 2 aromatic heterocycles. The van der Waals surface area contributed by atoms with Crippen LogP contribution >= 0.6 is 11.3 Å². The third kappa shape index (κ3) is 2.66. The molecule has 0 bridgehead atoms. The van der Waals surface area contributed by atoms with Crippen LogP contribution < -0.4 is 5.56 Å². The van der Waals surface area contributed by atoms with Crippen molar-refractivity contribution in [1.82, 2.24) is 9.55 Å². The first-order chi connectivity index (χ1) is 12.1. The summed E-state index contributed by atoms with van der Waals surface area (Å²) in [6.45, 7) is 2.65. The predicted octanol–water partition coefficient (Wildman–Crippen LogP) is 3.87. The van der Waals surface area contributed by atoms with E-state index in [2.05, 4.69) is 6.92 Å². The van der Waals surface area contributed by atoms with Crippen LogP contribution in [0.2, 0.25) is 0 Å². The van der Waals surface area contributed by atoms with Crippen molar-refractivity contribution >= 4 is 38.9 Å². The second-order valence-electron chi connectivity index (χ2n) is 5.95. The van der Waals surface area contributed by atoms with Gasteiger partial charge in [-0.3, -0.25) is 19.5 Å². The summed E-state index contributed by atoms with van der Waals surface area (Å²) in [5, 5.41) is 11.6. The lowest BCUT2D eigenvalue weighted by atomic mass is 10.1. The molecule has 1 aliphatic rings. The minimum absolute atomic E-state index is 0.00149. The van der Waals surface area contributed by atoms with Crippen LogP contribution in [-0.4, -0.2) is 14.5 Å².